The molecule has 0 aliphatic carbocycles. The first-order chi connectivity index (χ1) is 12.9. The minimum absolute atomic E-state index is 0.0855. The molecule has 0 bridgehead atoms. The fourth-order valence-corrected chi connectivity index (χ4v) is 2.96. The van der Waals surface area contributed by atoms with Crippen molar-refractivity contribution >= 4 is 17.1 Å². The van der Waals surface area contributed by atoms with E-state index in [-0.39, 0.29) is 29.0 Å². The second-order valence-electron chi connectivity index (χ2n) is 6.48. The van der Waals surface area contributed by atoms with Gasteiger partial charge in [0.1, 0.15) is 18.9 Å². The summed E-state index contributed by atoms with van der Waals surface area (Å²) in [7, 11) is 0. The van der Waals surface area contributed by atoms with Crippen LogP contribution in [-0.4, -0.2) is 23.1 Å². The van der Waals surface area contributed by atoms with Crippen LogP contribution >= 0.6 is 0 Å². The Morgan fingerprint density at radius 1 is 0.963 bits per heavy atom. The molecule has 1 aliphatic heterocycles. The number of benzene rings is 2. The first-order valence-corrected chi connectivity index (χ1v) is 8.45. The topological polar surface area (TPSA) is 117 Å². The summed E-state index contributed by atoms with van der Waals surface area (Å²) in [6.07, 6.45) is 0. The molecule has 0 amide bonds. The number of rotatable bonds is 6. The van der Waals surface area contributed by atoms with Gasteiger partial charge in [0.15, 0.2) is 11.5 Å². The van der Waals surface area contributed by atoms with Gasteiger partial charge in [-0.15, -0.1) is 0 Å². The van der Waals surface area contributed by atoms with E-state index < -0.39 is 9.85 Å². The zero-order chi connectivity index (χ0) is 19.6. The number of ether oxygens (including phenoxy) is 2. The lowest BCUT2D eigenvalue weighted by atomic mass is 9.95. The third kappa shape index (κ3) is 3.91. The zero-order valence-corrected chi connectivity index (χ0v) is 14.9. The maximum Gasteiger partial charge on any atom is 0.299 e. The van der Waals surface area contributed by atoms with E-state index >= 15 is 0 Å². The van der Waals surface area contributed by atoms with Crippen LogP contribution in [-0.2, 0) is 0 Å². The van der Waals surface area contributed by atoms with Crippen molar-refractivity contribution in [2.75, 3.05) is 18.5 Å². The molecule has 0 saturated heterocycles. The molecule has 2 aromatic rings. The highest BCUT2D eigenvalue weighted by Crippen LogP contribution is 2.38. The number of anilines is 1. The van der Waals surface area contributed by atoms with Gasteiger partial charge < -0.3 is 14.8 Å². The molecule has 0 saturated carbocycles. The predicted molar refractivity (Wildman–Crippen MR) is 98.4 cm³/mol. The van der Waals surface area contributed by atoms with Crippen molar-refractivity contribution in [1.29, 1.82) is 0 Å². The quantitative estimate of drug-likeness (QED) is 0.599. The summed E-state index contributed by atoms with van der Waals surface area (Å²) >= 11 is 0. The number of nitro groups is 2. The number of non-ortho nitro benzene ring substituents is 1. The maximum atomic E-state index is 11.4. The number of hydrogen-bond acceptors (Lipinski definition) is 7. The minimum Gasteiger partial charge on any atom is -0.486 e. The van der Waals surface area contributed by atoms with Crippen LogP contribution in [0.15, 0.2) is 36.4 Å². The van der Waals surface area contributed by atoms with E-state index in [0.717, 1.165) is 11.6 Å². The molecule has 27 heavy (non-hydrogen) atoms. The molecule has 1 N–H and O–H groups in total. The van der Waals surface area contributed by atoms with Crippen LogP contribution in [0.3, 0.4) is 0 Å². The van der Waals surface area contributed by atoms with Crippen LogP contribution in [0, 0.1) is 26.1 Å². The molecule has 3 rings (SSSR count). The molecule has 0 radical (unpaired) electrons. The fraction of sp³-hybridized carbons (Fsp3) is 0.333. The van der Waals surface area contributed by atoms with Crippen molar-refractivity contribution < 1.29 is 19.3 Å². The largest absolute Gasteiger partial charge is 0.486 e. The first kappa shape index (κ1) is 18.4. The molecule has 0 fully saturated rings. The molecular formula is C18H19N3O6. The minimum atomic E-state index is -0.655. The molecule has 0 aromatic heterocycles. The van der Waals surface area contributed by atoms with E-state index in [9.17, 15) is 20.2 Å². The molecule has 2 aromatic carbocycles. The third-order valence-electron chi connectivity index (χ3n) is 4.29. The Bertz CT molecular complexity index is 883. The van der Waals surface area contributed by atoms with Crippen LogP contribution in [0.25, 0.3) is 0 Å². The molecule has 9 nitrogen and oxygen atoms in total. The standard InChI is InChI=1S/C18H19N3O6/c1-11(2)18(12-3-6-16-17(9-12)27-8-7-26-16)19-14-5-4-13(20(22)23)10-15(14)21(24)25/h3-6,9-11,18-19H,7-8H2,1-2H3. The predicted octanol–water partition coefficient (Wildman–Crippen LogP) is 4.08. The van der Waals surface area contributed by atoms with Gasteiger partial charge in [-0.05, 0) is 29.7 Å². The molecule has 0 spiro atoms. The molecule has 1 aliphatic rings. The molecule has 1 heterocycles. The summed E-state index contributed by atoms with van der Waals surface area (Å²) in [6.45, 7) is 4.91. The van der Waals surface area contributed by atoms with Crippen molar-refractivity contribution in [3.05, 3.63) is 62.2 Å². The second kappa shape index (κ2) is 7.48. The summed E-state index contributed by atoms with van der Waals surface area (Å²) in [5.74, 6) is 1.38. The Morgan fingerprint density at radius 2 is 1.67 bits per heavy atom. The fourth-order valence-electron chi connectivity index (χ4n) is 2.96. The number of nitro benzene ring substituents is 2. The molecule has 142 valence electrons. The SMILES string of the molecule is CC(C)C(Nc1ccc([N+](=O)[O-])cc1[N+](=O)[O-])c1ccc2c(c1)OCCO2. The van der Waals surface area contributed by atoms with Crippen LogP contribution in [0.5, 0.6) is 11.5 Å². The van der Waals surface area contributed by atoms with Crippen molar-refractivity contribution in [3.63, 3.8) is 0 Å². The summed E-state index contributed by atoms with van der Waals surface area (Å²) in [4.78, 5) is 21.0. The van der Waals surface area contributed by atoms with Crippen LogP contribution in [0.2, 0.25) is 0 Å². The van der Waals surface area contributed by atoms with Crippen molar-refractivity contribution in [2.45, 2.75) is 19.9 Å². The van der Waals surface area contributed by atoms with Gasteiger partial charge in [-0.2, -0.15) is 0 Å². The van der Waals surface area contributed by atoms with E-state index in [1.54, 1.807) is 0 Å². The average Bonchev–Trinajstić information content (AvgIpc) is 2.65. The molecule has 1 unspecified atom stereocenters. The third-order valence-corrected chi connectivity index (χ3v) is 4.29. The normalized spacial score (nSPS) is 13.9. The summed E-state index contributed by atoms with van der Waals surface area (Å²) in [6, 6.07) is 8.85. The monoisotopic (exact) mass is 373 g/mol. The number of hydrogen-bond donors (Lipinski definition) is 1. The lowest BCUT2D eigenvalue weighted by Crippen LogP contribution is -2.19. The highest BCUT2D eigenvalue weighted by atomic mass is 16.6. The second-order valence-corrected chi connectivity index (χ2v) is 6.48. The zero-order valence-electron chi connectivity index (χ0n) is 14.9. The van der Waals surface area contributed by atoms with Crippen LogP contribution < -0.4 is 14.8 Å². The summed E-state index contributed by atoms with van der Waals surface area (Å²) in [5.41, 5.74) is 0.432. The van der Waals surface area contributed by atoms with Gasteiger partial charge in [-0.3, -0.25) is 20.2 Å². The van der Waals surface area contributed by atoms with Crippen molar-refractivity contribution in [3.8, 4) is 11.5 Å². The highest BCUT2D eigenvalue weighted by Gasteiger charge is 2.25. The van der Waals surface area contributed by atoms with Gasteiger partial charge in [0, 0.05) is 6.07 Å². The molecular weight excluding hydrogens is 354 g/mol. The highest BCUT2D eigenvalue weighted by molar-refractivity contribution is 5.66. The van der Waals surface area contributed by atoms with Crippen molar-refractivity contribution in [2.24, 2.45) is 5.92 Å². The van der Waals surface area contributed by atoms with E-state index in [1.165, 1.54) is 12.1 Å². The first-order valence-electron chi connectivity index (χ1n) is 8.45. The maximum absolute atomic E-state index is 11.4. The van der Waals surface area contributed by atoms with Gasteiger partial charge in [-0.1, -0.05) is 19.9 Å². The van der Waals surface area contributed by atoms with Gasteiger partial charge in [0.05, 0.1) is 22.0 Å². The Labute approximate surface area is 155 Å². The number of nitrogens with one attached hydrogen (secondary N) is 1. The summed E-state index contributed by atoms with van der Waals surface area (Å²) in [5, 5.41) is 25.5. The number of nitrogens with zero attached hydrogens (tertiary/aromatic N) is 2. The lowest BCUT2D eigenvalue weighted by molar-refractivity contribution is -0.393. The van der Waals surface area contributed by atoms with Gasteiger partial charge >= 0.3 is 0 Å². The molecule has 9 heteroatoms. The smallest absolute Gasteiger partial charge is 0.299 e. The Kier molecular flexibility index (Phi) is 5.11. The van der Waals surface area contributed by atoms with E-state index in [0.29, 0.717) is 24.7 Å². The van der Waals surface area contributed by atoms with E-state index in [4.69, 9.17) is 9.47 Å². The lowest BCUT2D eigenvalue weighted by Gasteiger charge is -2.26. The number of fused-ring (bicyclic) bond motifs is 1. The van der Waals surface area contributed by atoms with E-state index in [2.05, 4.69) is 5.32 Å². The van der Waals surface area contributed by atoms with Gasteiger partial charge in [-0.25, -0.2) is 0 Å². The van der Waals surface area contributed by atoms with Crippen LogP contribution in [0.4, 0.5) is 17.1 Å². The molecule has 1 atom stereocenters. The Morgan fingerprint density at radius 3 is 2.30 bits per heavy atom. The van der Waals surface area contributed by atoms with Crippen molar-refractivity contribution in [1.82, 2.24) is 0 Å². The Hall–Kier alpha value is -3.36. The van der Waals surface area contributed by atoms with Gasteiger partial charge in [0.2, 0.25) is 0 Å². The summed E-state index contributed by atoms with van der Waals surface area (Å²) < 4.78 is 11.1. The van der Waals surface area contributed by atoms with Gasteiger partial charge in [0.25, 0.3) is 11.4 Å². The Balaban J connectivity index is 1.95. The average molecular weight is 373 g/mol. The van der Waals surface area contributed by atoms with E-state index in [1.807, 2.05) is 32.0 Å². The van der Waals surface area contributed by atoms with Crippen LogP contribution in [0.1, 0.15) is 25.5 Å².